The van der Waals surface area contributed by atoms with Gasteiger partial charge >= 0.3 is 6.18 Å². The van der Waals surface area contributed by atoms with Crippen LogP contribution in [0.3, 0.4) is 0 Å². The SMILES string of the molecule is CNC(CCOCC(F)(F)F)c1cccc2cnccc12. The van der Waals surface area contributed by atoms with E-state index in [-0.39, 0.29) is 12.6 Å². The molecule has 0 aliphatic carbocycles. The zero-order valence-electron chi connectivity index (χ0n) is 11.7. The highest BCUT2D eigenvalue weighted by Gasteiger charge is 2.27. The lowest BCUT2D eigenvalue weighted by atomic mass is 9.98. The number of fused-ring (bicyclic) bond motifs is 1. The van der Waals surface area contributed by atoms with Crippen molar-refractivity contribution < 1.29 is 17.9 Å². The lowest BCUT2D eigenvalue weighted by Gasteiger charge is -2.19. The van der Waals surface area contributed by atoms with Crippen LogP contribution in [0.4, 0.5) is 13.2 Å². The van der Waals surface area contributed by atoms with Crippen LogP contribution in [0.5, 0.6) is 0 Å². The van der Waals surface area contributed by atoms with Crippen LogP contribution in [-0.2, 0) is 4.74 Å². The van der Waals surface area contributed by atoms with Crippen molar-refractivity contribution in [1.29, 1.82) is 0 Å². The van der Waals surface area contributed by atoms with Crippen LogP contribution in [-0.4, -0.2) is 31.4 Å². The molecule has 2 aromatic rings. The number of hydrogen-bond donors (Lipinski definition) is 1. The van der Waals surface area contributed by atoms with Crippen molar-refractivity contribution in [3.8, 4) is 0 Å². The Bertz CT molecular complexity index is 581. The Morgan fingerprint density at radius 3 is 2.81 bits per heavy atom. The summed E-state index contributed by atoms with van der Waals surface area (Å²) < 4.78 is 40.8. The zero-order chi connectivity index (χ0) is 15.3. The lowest BCUT2D eigenvalue weighted by molar-refractivity contribution is -0.174. The fraction of sp³-hybridized carbons (Fsp3) is 0.400. The molecule has 114 valence electrons. The maximum atomic E-state index is 12.0. The van der Waals surface area contributed by atoms with Crippen LogP contribution in [0.2, 0.25) is 0 Å². The molecule has 1 aromatic heterocycles. The molecule has 0 aliphatic heterocycles. The molecule has 1 aromatic carbocycles. The highest BCUT2D eigenvalue weighted by atomic mass is 19.4. The van der Waals surface area contributed by atoms with E-state index in [0.717, 1.165) is 16.3 Å². The van der Waals surface area contributed by atoms with Crippen molar-refractivity contribution in [2.45, 2.75) is 18.6 Å². The Labute approximate surface area is 121 Å². The quantitative estimate of drug-likeness (QED) is 0.829. The van der Waals surface area contributed by atoms with Gasteiger partial charge in [0.05, 0.1) is 0 Å². The van der Waals surface area contributed by atoms with Crippen molar-refractivity contribution in [3.63, 3.8) is 0 Å². The largest absolute Gasteiger partial charge is 0.411 e. The Kier molecular flexibility index (Phi) is 5.14. The van der Waals surface area contributed by atoms with Crippen LogP contribution < -0.4 is 5.32 Å². The first-order chi connectivity index (χ1) is 10.0. The molecule has 0 saturated heterocycles. The predicted octanol–water partition coefficient (Wildman–Crippen LogP) is 3.46. The third-order valence-electron chi connectivity index (χ3n) is 3.25. The van der Waals surface area contributed by atoms with Crippen molar-refractivity contribution in [1.82, 2.24) is 10.3 Å². The maximum Gasteiger partial charge on any atom is 0.411 e. The van der Waals surface area contributed by atoms with E-state index < -0.39 is 12.8 Å². The first kappa shape index (κ1) is 15.7. The van der Waals surface area contributed by atoms with Crippen LogP contribution >= 0.6 is 0 Å². The van der Waals surface area contributed by atoms with Crippen molar-refractivity contribution in [2.75, 3.05) is 20.3 Å². The summed E-state index contributed by atoms with van der Waals surface area (Å²) in [6.45, 7) is -1.16. The fourth-order valence-electron chi connectivity index (χ4n) is 2.30. The van der Waals surface area contributed by atoms with Crippen molar-refractivity contribution in [3.05, 3.63) is 42.2 Å². The van der Waals surface area contributed by atoms with Crippen molar-refractivity contribution in [2.24, 2.45) is 0 Å². The van der Waals surface area contributed by atoms with Crippen LogP contribution in [0, 0.1) is 0 Å². The Morgan fingerprint density at radius 1 is 1.29 bits per heavy atom. The summed E-state index contributed by atoms with van der Waals surface area (Å²) in [5.74, 6) is 0. The summed E-state index contributed by atoms with van der Waals surface area (Å²) >= 11 is 0. The number of hydrogen-bond acceptors (Lipinski definition) is 3. The maximum absolute atomic E-state index is 12.0. The minimum Gasteiger partial charge on any atom is -0.372 e. The summed E-state index contributed by atoms with van der Waals surface area (Å²) in [5.41, 5.74) is 1.04. The minimum atomic E-state index is -4.28. The third kappa shape index (κ3) is 4.41. The average Bonchev–Trinajstić information content (AvgIpc) is 2.46. The van der Waals surface area contributed by atoms with Crippen LogP contribution in [0.25, 0.3) is 10.8 Å². The van der Waals surface area contributed by atoms with Gasteiger partial charge in [0, 0.05) is 30.4 Å². The van der Waals surface area contributed by atoms with Gasteiger partial charge in [-0.25, -0.2) is 0 Å². The molecule has 21 heavy (non-hydrogen) atoms. The molecule has 1 atom stereocenters. The molecule has 6 heteroatoms. The van der Waals surface area contributed by atoms with Gasteiger partial charge in [-0.3, -0.25) is 4.98 Å². The Hall–Kier alpha value is -1.66. The monoisotopic (exact) mass is 298 g/mol. The van der Waals surface area contributed by atoms with E-state index in [1.165, 1.54) is 0 Å². The molecule has 0 aliphatic rings. The Balaban J connectivity index is 2.06. The molecule has 0 spiro atoms. The highest BCUT2D eigenvalue weighted by Crippen LogP contribution is 2.25. The van der Waals surface area contributed by atoms with Crippen LogP contribution in [0.15, 0.2) is 36.7 Å². The van der Waals surface area contributed by atoms with Crippen molar-refractivity contribution >= 4 is 10.8 Å². The molecule has 0 amide bonds. The molecular formula is C15H17F3N2O. The van der Waals surface area contributed by atoms with Gasteiger partial charge in [-0.05, 0) is 30.5 Å². The summed E-state index contributed by atoms with van der Waals surface area (Å²) in [6.07, 6.45) is -0.335. The number of pyridine rings is 1. The van der Waals surface area contributed by atoms with Gasteiger partial charge in [-0.1, -0.05) is 18.2 Å². The molecule has 0 bridgehead atoms. The number of benzene rings is 1. The number of rotatable bonds is 6. The lowest BCUT2D eigenvalue weighted by Crippen LogP contribution is -2.21. The molecule has 1 unspecified atom stereocenters. The van der Waals surface area contributed by atoms with Gasteiger partial charge in [0.2, 0.25) is 0 Å². The summed E-state index contributed by atoms with van der Waals surface area (Å²) in [5, 5.41) is 5.18. The first-order valence-electron chi connectivity index (χ1n) is 6.65. The smallest absolute Gasteiger partial charge is 0.372 e. The molecule has 3 nitrogen and oxygen atoms in total. The summed E-state index contributed by atoms with van der Waals surface area (Å²) in [4.78, 5) is 4.07. The second-order valence-corrected chi connectivity index (χ2v) is 4.74. The number of ether oxygens (including phenoxy) is 1. The average molecular weight is 298 g/mol. The Morgan fingerprint density at radius 2 is 2.10 bits per heavy atom. The van der Waals surface area contributed by atoms with E-state index in [1.54, 1.807) is 19.4 Å². The number of nitrogens with one attached hydrogen (secondary N) is 1. The van der Waals surface area contributed by atoms with Gasteiger partial charge < -0.3 is 10.1 Å². The molecule has 0 saturated carbocycles. The molecular weight excluding hydrogens is 281 g/mol. The van der Waals surface area contributed by atoms with E-state index >= 15 is 0 Å². The predicted molar refractivity (Wildman–Crippen MR) is 75.0 cm³/mol. The normalized spacial score (nSPS) is 13.5. The van der Waals surface area contributed by atoms with E-state index in [1.807, 2.05) is 24.3 Å². The van der Waals surface area contributed by atoms with Gasteiger partial charge in [0.25, 0.3) is 0 Å². The topological polar surface area (TPSA) is 34.1 Å². The van der Waals surface area contributed by atoms with Gasteiger partial charge in [-0.15, -0.1) is 0 Å². The van der Waals surface area contributed by atoms with E-state index in [2.05, 4.69) is 15.0 Å². The van der Waals surface area contributed by atoms with Gasteiger partial charge in [-0.2, -0.15) is 13.2 Å². The van der Waals surface area contributed by atoms with E-state index in [4.69, 9.17) is 0 Å². The molecule has 0 fully saturated rings. The molecule has 0 radical (unpaired) electrons. The van der Waals surface area contributed by atoms with Gasteiger partial charge in [0.15, 0.2) is 0 Å². The van der Waals surface area contributed by atoms with Crippen LogP contribution in [0.1, 0.15) is 18.0 Å². The van der Waals surface area contributed by atoms with E-state index in [0.29, 0.717) is 6.42 Å². The molecule has 1 heterocycles. The summed E-state index contributed by atoms with van der Waals surface area (Å²) in [7, 11) is 1.79. The minimum absolute atomic E-state index is 0.0481. The second-order valence-electron chi connectivity index (χ2n) is 4.74. The number of halogens is 3. The zero-order valence-corrected chi connectivity index (χ0v) is 11.7. The fourth-order valence-corrected chi connectivity index (χ4v) is 2.30. The van der Waals surface area contributed by atoms with E-state index in [9.17, 15) is 13.2 Å². The van der Waals surface area contributed by atoms with Gasteiger partial charge in [0.1, 0.15) is 6.61 Å². The standard InChI is InChI=1S/C15H17F3N2O/c1-19-14(6-8-21-10-15(16,17)18)13-4-2-3-11-9-20-7-5-12(11)13/h2-5,7,9,14,19H,6,8,10H2,1H3. The third-order valence-corrected chi connectivity index (χ3v) is 3.25. The summed E-state index contributed by atoms with van der Waals surface area (Å²) in [6, 6.07) is 7.68. The number of nitrogens with zero attached hydrogens (tertiary/aromatic N) is 1. The second kappa shape index (κ2) is 6.87. The number of alkyl halides is 3. The highest BCUT2D eigenvalue weighted by molar-refractivity contribution is 5.85. The molecule has 1 N–H and O–H groups in total. The first-order valence-corrected chi connectivity index (χ1v) is 6.65. The number of aromatic nitrogens is 1. The molecule has 2 rings (SSSR count).